The van der Waals surface area contributed by atoms with Crippen LogP contribution in [0.25, 0.3) is 5.57 Å². The molecule has 0 amide bonds. The van der Waals surface area contributed by atoms with Crippen LogP contribution in [0.4, 0.5) is 0 Å². The Labute approximate surface area is 108 Å². The average molecular weight is 235 g/mol. The van der Waals surface area contributed by atoms with Gasteiger partial charge in [-0.05, 0) is 35.2 Å². The molecule has 0 bridgehead atoms. The summed E-state index contributed by atoms with van der Waals surface area (Å²) >= 11 is 0. The van der Waals surface area contributed by atoms with Crippen molar-refractivity contribution in [1.29, 1.82) is 0 Å². The first-order valence-electron chi connectivity index (χ1n) is 6.49. The zero-order valence-electron chi connectivity index (χ0n) is 10.4. The Bertz CT molecular complexity index is 491. The topological polar surface area (TPSA) is 12.0 Å². The highest BCUT2D eigenvalue weighted by molar-refractivity contribution is 5.82. The van der Waals surface area contributed by atoms with Crippen molar-refractivity contribution in [1.82, 2.24) is 5.32 Å². The fourth-order valence-electron chi connectivity index (χ4n) is 2.56. The van der Waals surface area contributed by atoms with Gasteiger partial charge in [0.25, 0.3) is 0 Å². The highest BCUT2D eigenvalue weighted by atomic mass is 14.9. The Morgan fingerprint density at radius 2 is 1.33 bits per heavy atom. The summed E-state index contributed by atoms with van der Waals surface area (Å²) in [5, 5.41) is 3.43. The maximum atomic E-state index is 3.43. The van der Waals surface area contributed by atoms with E-state index >= 15 is 0 Å². The van der Waals surface area contributed by atoms with Gasteiger partial charge in [-0.25, -0.2) is 0 Å². The Balaban J connectivity index is 2.14. The normalized spacial score (nSPS) is 14.8. The lowest BCUT2D eigenvalue weighted by molar-refractivity contribution is 0.862. The fourth-order valence-corrected chi connectivity index (χ4v) is 2.56. The van der Waals surface area contributed by atoms with Crippen LogP contribution in [0.2, 0.25) is 0 Å². The summed E-state index contributed by atoms with van der Waals surface area (Å²) in [5.74, 6) is 0. The molecule has 0 saturated carbocycles. The molecule has 3 rings (SSSR count). The zero-order chi connectivity index (χ0) is 12.2. The van der Waals surface area contributed by atoms with Crippen molar-refractivity contribution in [2.45, 2.75) is 6.42 Å². The van der Waals surface area contributed by atoms with Gasteiger partial charge >= 0.3 is 0 Å². The molecular weight excluding hydrogens is 218 g/mol. The van der Waals surface area contributed by atoms with Gasteiger partial charge in [-0.3, -0.25) is 0 Å². The number of nitrogens with one attached hydrogen (secondary N) is 1. The van der Waals surface area contributed by atoms with Crippen LogP contribution in [0.15, 0.2) is 66.2 Å². The van der Waals surface area contributed by atoms with Crippen LogP contribution in [0.3, 0.4) is 0 Å². The van der Waals surface area contributed by atoms with Gasteiger partial charge in [-0.1, -0.05) is 60.7 Å². The summed E-state index contributed by atoms with van der Waals surface area (Å²) in [7, 11) is 0. The quantitative estimate of drug-likeness (QED) is 0.840. The maximum absolute atomic E-state index is 3.43. The van der Waals surface area contributed by atoms with Gasteiger partial charge in [0.2, 0.25) is 0 Å². The predicted octanol–water partition coefficient (Wildman–Crippen LogP) is 3.48. The molecule has 1 heteroatoms. The highest BCUT2D eigenvalue weighted by Gasteiger charge is 2.14. The Kier molecular flexibility index (Phi) is 3.24. The van der Waals surface area contributed by atoms with E-state index in [9.17, 15) is 0 Å². The van der Waals surface area contributed by atoms with Gasteiger partial charge in [0.05, 0.1) is 0 Å². The largest absolute Gasteiger partial charge is 0.313 e. The third kappa shape index (κ3) is 2.22. The SMILES string of the molecule is c1ccc(C(=C2CCNC2)c2ccccc2)cc1. The lowest BCUT2D eigenvalue weighted by Gasteiger charge is -2.12. The first-order chi connectivity index (χ1) is 8.95. The van der Waals surface area contributed by atoms with Gasteiger partial charge in [-0.15, -0.1) is 0 Å². The van der Waals surface area contributed by atoms with Crippen LogP contribution in [0.5, 0.6) is 0 Å². The second kappa shape index (κ2) is 5.19. The van der Waals surface area contributed by atoms with E-state index in [0.29, 0.717) is 0 Å². The van der Waals surface area contributed by atoms with E-state index in [0.717, 1.165) is 19.5 Å². The third-order valence-electron chi connectivity index (χ3n) is 3.42. The van der Waals surface area contributed by atoms with E-state index in [1.165, 1.54) is 22.3 Å². The van der Waals surface area contributed by atoms with Crippen LogP contribution < -0.4 is 5.32 Å². The molecule has 1 aliphatic heterocycles. The fraction of sp³-hybridized carbons (Fsp3) is 0.176. The Morgan fingerprint density at radius 3 is 1.78 bits per heavy atom. The molecule has 18 heavy (non-hydrogen) atoms. The zero-order valence-corrected chi connectivity index (χ0v) is 10.4. The Hall–Kier alpha value is -1.86. The number of benzene rings is 2. The Morgan fingerprint density at radius 1 is 0.778 bits per heavy atom. The molecule has 1 N–H and O–H groups in total. The van der Waals surface area contributed by atoms with Crippen molar-refractivity contribution in [3.8, 4) is 0 Å². The van der Waals surface area contributed by atoms with Gasteiger partial charge in [0.1, 0.15) is 0 Å². The third-order valence-corrected chi connectivity index (χ3v) is 3.42. The van der Waals surface area contributed by atoms with E-state index in [2.05, 4.69) is 66.0 Å². The van der Waals surface area contributed by atoms with E-state index in [4.69, 9.17) is 0 Å². The van der Waals surface area contributed by atoms with Gasteiger partial charge < -0.3 is 5.32 Å². The van der Waals surface area contributed by atoms with Crippen LogP contribution >= 0.6 is 0 Å². The molecular formula is C17H17N. The molecule has 1 nitrogen and oxygen atoms in total. The summed E-state index contributed by atoms with van der Waals surface area (Å²) in [6.07, 6.45) is 1.15. The van der Waals surface area contributed by atoms with Crippen molar-refractivity contribution in [3.63, 3.8) is 0 Å². The second-order valence-electron chi connectivity index (χ2n) is 4.64. The van der Waals surface area contributed by atoms with Gasteiger partial charge in [-0.2, -0.15) is 0 Å². The van der Waals surface area contributed by atoms with E-state index < -0.39 is 0 Å². The summed E-state index contributed by atoms with van der Waals surface area (Å²) in [6.45, 7) is 2.11. The minimum Gasteiger partial charge on any atom is -0.313 e. The van der Waals surface area contributed by atoms with E-state index in [1.54, 1.807) is 0 Å². The molecule has 1 fully saturated rings. The minimum atomic E-state index is 1.01. The smallest absolute Gasteiger partial charge is 0.0174 e. The molecule has 0 radical (unpaired) electrons. The van der Waals surface area contributed by atoms with Crippen molar-refractivity contribution >= 4 is 5.57 Å². The molecule has 0 unspecified atom stereocenters. The van der Waals surface area contributed by atoms with Crippen LogP contribution in [0, 0.1) is 0 Å². The predicted molar refractivity (Wildman–Crippen MR) is 76.4 cm³/mol. The van der Waals surface area contributed by atoms with Crippen molar-refractivity contribution < 1.29 is 0 Å². The average Bonchev–Trinajstić information content (AvgIpc) is 2.95. The second-order valence-corrected chi connectivity index (χ2v) is 4.64. The van der Waals surface area contributed by atoms with Gasteiger partial charge in [0.15, 0.2) is 0 Å². The lowest BCUT2D eigenvalue weighted by atomic mass is 9.92. The maximum Gasteiger partial charge on any atom is 0.0174 e. The van der Waals surface area contributed by atoms with Crippen LogP contribution in [0.1, 0.15) is 17.5 Å². The first kappa shape index (κ1) is 11.2. The molecule has 1 aliphatic rings. The molecule has 1 heterocycles. The molecule has 2 aromatic carbocycles. The molecule has 0 aliphatic carbocycles. The molecule has 0 aromatic heterocycles. The van der Waals surface area contributed by atoms with Crippen molar-refractivity contribution in [3.05, 3.63) is 77.4 Å². The van der Waals surface area contributed by atoms with Crippen molar-refractivity contribution in [2.75, 3.05) is 13.1 Å². The lowest BCUT2D eigenvalue weighted by Crippen LogP contribution is -2.05. The summed E-state index contributed by atoms with van der Waals surface area (Å²) < 4.78 is 0. The van der Waals surface area contributed by atoms with Gasteiger partial charge in [0, 0.05) is 6.54 Å². The summed E-state index contributed by atoms with van der Waals surface area (Å²) in [5.41, 5.74) is 5.57. The molecule has 0 spiro atoms. The number of rotatable bonds is 2. The summed E-state index contributed by atoms with van der Waals surface area (Å²) in [6, 6.07) is 21.4. The van der Waals surface area contributed by atoms with Crippen LogP contribution in [-0.2, 0) is 0 Å². The summed E-state index contributed by atoms with van der Waals surface area (Å²) in [4.78, 5) is 0. The molecule has 1 saturated heterocycles. The molecule has 2 aromatic rings. The highest BCUT2D eigenvalue weighted by Crippen LogP contribution is 2.29. The molecule has 0 atom stereocenters. The minimum absolute atomic E-state index is 1.01. The monoisotopic (exact) mass is 235 g/mol. The molecule has 90 valence electrons. The van der Waals surface area contributed by atoms with Crippen molar-refractivity contribution in [2.24, 2.45) is 0 Å². The van der Waals surface area contributed by atoms with Crippen LogP contribution in [-0.4, -0.2) is 13.1 Å². The van der Waals surface area contributed by atoms with E-state index in [-0.39, 0.29) is 0 Å². The number of hydrogen-bond donors (Lipinski definition) is 1. The standard InChI is InChI=1S/C17H17N/c1-3-7-14(8-4-1)17(16-11-12-18-13-16)15-9-5-2-6-10-15/h1-10,18H,11-13H2. The number of hydrogen-bond acceptors (Lipinski definition) is 1. The van der Waals surface area contributed by atoms with E-state index in [1.807, 2.05) is 0 Å². The first-order valence-corrected chi connectivity index (χ1v) is 6.49.